The summed E-state index contributed by atoms with van der Waals surface area (Å²) < 4.78 is 11.2. The zero-order chi connectivity index (χ0) is 21.4. The first-order valence-electron chi connectivity index (χ1n) is 10.7. The van der Waals surface area contributed by atoms with Crippen molar-refractivity contribution in [1.29, 1.82) is 0 Å². The van der Waals surface area contributed by atoms with Gasteiger partial charge >= 0.3 is 0 Å². The van der Waals surface area contributed by atoms with Gasteiger partial charge in [-0.15, -0.1) is 0 Å². The van der Waals surface area contributed by atoms with E-state index in [1.165, 1.54) is 4.90 Å². The first kappa shape index (κ1) is 19.9. The summed E-state index contributed by atoms with van der Waals surface area (Å²) in [6, 6.07) is 14.2. The van der Waals surface area contributed by atoms with Crippen LogP contribution >= 0.6 is 0 Å². The van der Waals surface area contributed by atoms with Crippen molar-refractivity contribution in [3.05, 3.63) is 70.8 Å². The van der Waals surface area contributed by atoms with Gasteiger partial charge in [-0.3, -0.25) is 19.3 Å². The van der Waals surface area contributed by atoms with Crippen LogP contribution in [-0.4, -0.2) is 60.1 Å². The Hall–Kier alpha value is -3.03. The average molecular weight is 420 g/mol. The second-order valence-corrected chi connectivity index (χ2v) is 8.18. The Kier molecular flexibility index (Phi) is 5.29. The first-order valence-corrected chi connectivity index (χ1v) is 10.7. The third-order valence-corrected chi connectivity index (χ3v) is 6.26. The summed E-state index contributed by atoms with van der Waals surface area (Å²) in [7, 11) is 0. The van der Waals surface area contributed by atoms with E-state index in [0.29, 0.717) is 48.9 Å². The van der Waals surface area contributed by atoms with Crippen LogP contribution in [0.1, 0.15) is 49.5 Å². The van der Waals surface area contributed by atoms with Crippen LogP contribution in [0.3, 0.4) is 0 Å². The lowest BCUT2D eigenvalue weighted by molar-refractivity contribution is -0.0956. The molecule has 0 spiro atoms. The SMILES string of the molecule is O=C(c1ccc2c(c1)C(=O)N(Cc1ccccc1)C2=O)N1CCC(C2OCCO2)CC1. The number of likely N-dealkylation sites (tertiary alicyclic amines) is 1. The highest BCUT2D eigenvalue weighted by Gasteiger charge is 2.37. The Morgan fingerprint density at radius 1 is 0.903 bits per heavy atom. The zero-order valence-electron chi connectivity index (χ0n) is 17.2. The summed E-state index contributed by atoms with van der Waals surface area (Å²) in [5.41, 5.74) is 1.97. The highest BCUT2D eigenvalue weighted by Crippen LogP contribution is 2.29. The Bertz CT molecular complexity index is 1010. The van der Waals surface area contributed by atoms with Gasteiger partial charge in [0.05, 0.1) is 30.9 Å². The maximum Gasteiger partial charge on any atom is 0.261 e. The van der Waals surface area contributed by atoms with Crippen molar-refractivity contribution in [1.82, 2.24) is 9.80 Å². The van der Waals surface area contributed by atoms with Crippen molar-refractivity contribution in [3.8, 4) is 0 Å². The van der Waals surface area contributed by atoms with E-state index in [2.05, 4.69) is 0 Å². The molecule has 0 bridgehead atoms. The fourth-order valence-electron chi connectivity index (χ4n) is 4.54. The number of piperidine rings is 1. The lowest BCUT2D eigenvalue weighted by atomic mass is 9.95. The number of hydrogen-bond acceptors (Lipinski definition) is 5. The Balaban J connectivity index is 1.28. The van der Waals surface area contributed by atoms with Crippen LogP contribution in [0.2, 0.25) is 0 Å². The molecule has 0 unspecified atom stereocenters. The van der Waals surface area contributed by atoms with E-state index in [0.717, 1.165) is 18.4 Å². The molecule has 2 saturated heterocycles. The zero-order valence-corrected chi connectivity index (χ0v) is 17.2. The summed E-state index contributed by atoms with van der Waals surface area (Å²) >= 11 is 0. The van der Waals surface area contributed by atoms with E-state index in [1.54, 1.807) is 23.1 Å². The van der Waals surface area contributed by atoms with Crippen LogP contribution < -0.4 is 0 Å². The van der Waals surface area contributed by atoms with E-state index < -0.39 is 0 Å². The lowest BCUT2D eigenvalue weighted by Crippen LogP contribution is -2.41. The first-order chi connectivity index (χ1) is 15.1. The molecule has 2 aromatic carbocycles. The Morgan fingerprint density at radius 3 is 2.29 bits per heavy atom. The normalized spacial score (nSPS) is 19.9. The van der Waals surface area contributed by atoms with Crippen LogP contribution in [0.5, 0.6) is 0 Å². The quantitative estimate of drug-likeness (QED) is 0.711. The van der Waals surface area contributed by atoms with E-state index in [9.17, 15) is 14.4 Å². The molecule has 0 aliphatic carbocycles. The number of imide groups is 1. The number of ether oxygens (including phenoxy) is 2. The van der Waals surface area contributed by atoms with Crippen LogP contribution in [0.4, 0.5) is 0 Å². The molecule has 3 aliphatic heterocycles. The van der Waals surface area contributed by atoms with Gasteiger partial charge in [0, 0.05) is 24.6 Å². The molecule has 7 nitrogen and oxygen atoms in total. The summed E-state index contributed by atoms with van der Waals surface area (Å²) in [5, 5.41) is 0. The molecule has 2 fully saturated rings. The predicted molar refractivity (Wildman–Crippen MR) is 111 cm³/mol. The molecular formula is C24H24N2O5. The fourth-order valence-corrected chi connectivity index (χ4v) is 4.54. The van der Waals surface area contributed by atoms with E-state index in [-0.39, 0.29) is 30.6 Å². The van der Waals surface area contributed by atoms with Crippen molar-refractivity contribution < 1.29 is 23.9 Å². The van der Waals surface area contributed by atoms with Crippen LogP contribution in [0.15, 0.2) is 48.5 Å². The molecule has 3 aliphatic rings. The molecule has 7 heteroatoms. The number of rotatable bonds is 4. The molecule has 0 aromatic heterocycles. The second-order valence-electron chi connectivity index (χ2n) is 8.18. The highest BCUT2D eigenvalue weighted by molar-refractivity contribution is 6.22. The topological polar surface area (TPSA) is 76.2 Å². The monoisotopic (exact) mass is 420 g/mol. The van der Waals surface area contributed by atoms with E-state index >= 15 is 0 Å². The minimum Gasteiger partial charge on any atom is -0.350 e. The maximum atomic E-state index is 13.0. The van der Waals surface area contributed by atoms with Gasteiger partial charge in [0.25, 0.3) is 17.7 Å². The minimum atomic E-state index is -0.354. The standard InChI is InChI=1S/C24H24N2O5/c27-21(25-10-8-17(9-11-25)24-30-12-13-31-24)18-6-7-19-20(14-18)23(29)26(22(19)28)15-16-4-2-1-3-5-16/h1-7,14,17,24H,8-13,15H2. The number of amides is 3. The number of benzene rings is 2. The van der Waals surface area contributed by atoms with Crippen LogP contribution in [0.25, 0.3) is 0 Å². The molecule has 3 heterocycles. The van der Waals surface area contributed by atoms with Crippen molar-refractivity contribution in [2.45, 2.75) is 25.7 Å². The minimum absolute atomic E-state index is 0.115. The number of hydrogen-bond donors (Lipinski definition) is 0. The van der Waals surface area contributed by atoms with Gasteiger partial charge in [0.2, 0.25) is 0 Å². The molecule has 0 radical (unpaired) electrons. The number of carbonyl (C=O) groups excluding carboxylic acids is 3. The highest BCUT2D eigenvalue weighted by atomic mass is 16.7. The van der Waals surface area contributed by atoms with Gasteiger partial charge in [0.15, 0.2) is 6.29 Å². The molecular weight excluding hydrogens is 396 g/mol. The van der Waals surface area contributed by atoms with Gasteiger partial charge < -0.3 is 14.4 Å². The van der Waals surface area contributed by atoms with Crippen LogP contribution in [-0.2, 0) is 16.0 Å². The second kappa shape index (κ2) is 8.24. The Morgan fingerprint density at radius 2 is 1.58 bits per heavy atom. The molecule has 5 rings (SSSR count). The summed E-state index contributed by atoms with van der Waals surface area (Å²) in [6.07, 6.45) is 1.49. The van der Waals surface area contributed by atoms with E-state index in [1.807, 2.05) is 30.3 Å². The molecule has 0 saturated carbocycles. The van der Waals surface area contributed by atoms with Gasteiger partial charge in [-0.25, -0.2) is 0 Å². The lowest BCUT2D eigenvalue weighted by Gasteiger charge is -2.34. The Labute approximate surface area is 180 Å². The molecule has 160 valence electrons. The van der Waals surface area contributed by atoms with Crippen molar-refractivity contribution in [2.75, 3.05) is 26.3 Å². The van der Waals surface area contributed by atoms with Crippen molar-refractivity contribution in [2.24, 2.45) is 5.92 Å². The summed E-state index contributed by atoms with van der Waals surface area (Å²) in [6.45, 7) is 2.73. The largest absolute Gasteiger partial charge is 0.350 e. The van der Waals surface area contributed by atoms with Gasteiger partial charge in [-0.1, -0.05) is 30.3 Å². The number of carbonyl (C=O) groups is 3. The molecule has 0 N–H and O–H groups in total. The molecule has 2 aromatic rings. The third-order valence-electron chi connectivity index (χ3n) is 6.26. The average Bonchev–Trinajstić information content (AvgIpc) is 3.43. The van der Waals surface area contributed by atoms with Crippen LogP contribution in [0, 0.1) is 5.92 Å². The molecule has 0 atom stereocenters. The van der Waals surface area contributed by atoms with Gasteiger partial charge in [-0.2, -0.15) is 0 Å². The van der Waals surface area contributed by atoms with E-state index in [4.69, 9.17) is 9.47 Å². The van der Waals surface area contributed by atoms with Gasteiger partial charge in [-0.05, 0) is 36.6 Å². The number of nitrogens with zero attached hydrogens (tertiary/aromatic N) is 2. The molecule has 3 amide bonds. The van der Waals surface area contributed by atoms with Gasteiger partial charge in [0.1, 0.15) is 0 Å². The smallest absolute Gasteiger partial charge is 0.261 e. The van der Waals surface area contributed by atoms with Crippen molar-refractivity contribution >= 4 is 17.7 Å². The predicted octanol–water partition coefficient (Wildman–Crippen LogP) is 2.71. The third kappa shape index (κ3) is 3.75. The molecule has 31 heavy (non-hydrogen) atoms. The summed E-state index contributed by atoms with van der Waals surface area (Å²) in [5.74, 6) is -0.485. The fraction of sp³-hybridized carbons (Fsp3) is 0.375. The number of fused-ring (bicyclic) bond motifs is 1. The summed E-state index contributed by atoms with van der Waals surface area (Å²) in [4.78, 5) is 41.7. The van der Waals surface area contributed by atoms with Crippen molar-refractivity contribution in [3.63, 3.8) is 0 Å². The maximum absolute atomic E-state index is 13.0.